The van der Waals surface area contributed by atoms with Gasteiger partial charge < -0.3 is 19.5 Å². The first-order chi connectivity index (χ1) is 18.9. The number of carbonyl (C=O) groups excluding carboxylic acids is 2. The van der Waals surface area contributed by atoms with E-state index in [0.717, 1.165) is 16.8 Å². The molecule has 0 unspecified atom stereocenters. The van der Waals surface area contributed by atoms with Crippen molar-refractivity contribution < 1.29 is 23.8 Å². The molecule has 0 radical (unpaired) electrons. The third kappa shape index (κ3) is 7.59. The van der Waals surface area contributed by atoms with Crippen molar-refractivity contribution in [2.24, 2.45) is 0 Å². The van der Waals surface area contributed by atoms with E-state index in [9.17, 15) is 9.59 Å². The van der Waals surface area contributed by atoms with Gasteiger partial charge in [0.25, 0.3) is 5.91 Å². The van der Waals surface area contributed by atoms with Gasteiger partial charge in [0.05, 0.1) is 32.2 Å². The number of hydrogen-bond donors (Lipinski definition) is 2. The van der Waals surface area contributed by atoms with E-state index in [4.69, 9.17) is 25.8 Å². The van der Waals surface area contributed by atoms with E-state index >= 15 is 0 Å². The number of carbonyl (C=O) groups is 2. The predicted molar refractivity (Wildman–Crippen MR) is 147 cm³/mol. The van der Waals surface area contributed by atoms with Crippen LogP contribution in [0, 0.1) is 6.92 Å². The molecule has 0 aliphatic heterocycles. The topological polar surface area (TPSA) is 142 Å². The van der Waals surface area contributed by atoms with Gasteiger partial charge in [0.15, 0.2) is 17.6 Å². The quantitative estimate of drug-likeness (QED) is 0.236. The van der Waals surface area contributed by atoms with Crippen LogP contribution in [-0.2, 0) is 16.1 Å². The number of nitrogens with zero attached hydrogens (tertiary/aromatic N) is 5. The lowest BCUT2D eigenvalue weighted by Gasteiger charge is -2.15. The molecule has 0 fully saturated rings. The first-order valence-electron chi connectivity index (χ1n) is 11.4. The van der Waals surface area contributed by atoms with Crippen LogP contribution in [0.25, 0.3) is 5.69 Å². The average Bonchev–Trinajstić information content (AvgIpc) is 3.55. The Morgan fingerprint density at radius 1 is 1.00 bits per heavy atom. The summed E-state index contributed by atoms with van der Waals surface area (Å²) in [5, 5.41) is 24.0. The first-order valence-corrected chi connectivity index (χ1v) is 13.6. The van der Waals surface area contributed by atoms with Gasteiger partial charge in [-0.15, -0.1) is 20.4 Å². The highest BCUT2D eigenvalue weighted by molar-refractivity contribution is 7.99. The number of aromatic nitrogens is 5. The normalized spacial score (nSPS) is 10.7. The molecule has 39 heavy (non-hydrogen) atoms. The second-order valence-electron chi connectivity index (χ2n) is 7.75. The molecule has 0 saturated heterocycles. The third-order valence-corrected chi connectivity index (χ3v) is 6.99. The van der Waals surface area contributed by atoms with E-state index in [1.165, 1.54) is 18.4 Å². The number of halogens is 1. The van der Waals surface area contributed by atoms with Crippen molar-refractivity contribution in [3.8, 4) is 22.9 Å². The summed E-state index contributed by atoms with van der Waals surface area (Å²) in [6, 6.07) is 12.0. The highest BCUT2D eigenvalue weighted by Crippen LogP contribution is 2.32. The van der Waals surface area contributed by atoms with E-state index in [-0.39, 0.29) is 30.7 Å². The van der Waals surface area contributed by atoms with Crippen molar-refractivity contribution in [1.29, 1.82) is 0 Å². The second-order valence-corrected chi connectivity index (χ2v) is 10.3. The third-order valence-electron chi connectivity index (χ3n) is 5.06. The van der Waals surface area contributed by atoms with Crippen LogP contribution < -0.4 is 24.8 Å². The van der Waals surface area contributed by atoms with Gasteiger partial charge in [0.1, 0.15) is 22.3 Å². The monoisotopic (exact) mass is 589 g/mol. The fraction of sp³-hybridized carbons (Fsp3) is 0.250. The summed E-state index contributed by atoms with van der Waals surface area (Å²) in [6.45, 7) is 1.63. The number of nitrogens with one attached hydrogen (secondary N) is 2. The Morgan fingerprint density at radius 2 is 1.77 bits per heavy atom. The fourth-order valence-corrected chi connectivity index (χ4v) is 4.76. The lowest BCUT2D eigenvalue weighted by Crippen LogP contribution is -2.29. The summed E-state index contributed by atoms with van der Waals surface area (Å²) >= 11 is 8.32. The van der Waals surface area contributed by atoms with E-state index in [1.807, 2.05) is 0 Å². The summed E-state index contributed by atoms with van der Waals surface area (Å²) in [7, 11) is 3.09. The summed E-state index contributed by atoms with van der Waals surface area (Å²) in [6.07, 6.45) is 0. The molecule has 2 aromatic heterocycles. The van der Waals surface area contributed by atoms with Crippen LogP contribution in [0.1, 0.15) is 10.8 Å². The highest BCUT2D eigenvalue weighted by atomic mass is 35.5. The van der Waals surface area contributed by atoms with Crippen molar-refractivity contribution >= 4 is 51.6 Å². The maximum atomic E-state index is 12.5. The van der Waals surface area contributed by atoms with Crippen LogP contribution in [0.15, 0.2) is 47.6 Å². The molecule has 2 aromatic carbocycles. The molecule has 2 N–H and O–H groups in total. The number of anilines is 1. The van der Waals surface area contributed by atoms with E-state index in [2.05, 4.69) is 31.0 Å². The van der Waals surface area contributed by atoms with Gasteiger partial charge in [-0.1, -0.05) is 34.7 Å². The summed E-state index contributed by atoms with van der Waals surface area (Å²) in [5.41, 5.74) is 0.575. The van der Waals surface area contributed by atoms with E-state index < -0.39 is 0 Å². The Hall–Kier alpha value is -3.88. The maximum absolute atomic E-state index is 12.5. The minimum Gasteiger partial charge on any atom is -0.497 e. The smallest absolute Gasteiger partial charge is 0.258 e. The van der Waals surface area contributed by atoms with Crippen molar-refractivity contribution in [2.45, 2.75) is 18.6 Å². The minimum absolute atomic E-state index is 0.0321. The Bertz CT molecular complexity index is 1450. The van der Waals surface area contributed by atoms with Crippen molar-refractivity contribution in [3.05, 3.63) is 58.3 Å². The van der Waals surface area contributed by atoms with Crippen LogP contribution in [0.4, 0.5) is 5.13 Å². The number of rotatable bonds is 12. The number of thioether (sulfide) groups is 1. The maximum Gasteiger partial charge on any atom is 0.258 e. The Kier molecular flexibility index (Phi) is 9.57. The molecule has 0 spiro atoms. The van der Waals surface area contributed by atoms with Crippen LogP contribution in [0.3, 0.4) is 0 Å². The van der Waals surface area contributed by atoms with Crippen molar-refractivity contribution in [3.63, 3.8) is 0 Å². The van der Waals surface area contributed by atoms with Gasteiger partial charge in [0.2, 0.25) is 11.0 Å². The van der Waals surface area contributed by atoms with Crippen LogP contribution in [0.5, 0.6) is 17.2 Å². The average molecular weight is 590 g/mol. The molecule has 2 amide bonds. The molecule has 4 aromatic rings. The number of benzene rings is 2. The Balaban J connectivity index is 1.50. The molecule has 0 atom stereocenters. The molecule has 15 heteroatoms. The minimum atomic E-state index is -0.363. The van der Waals surface area contributed by atoms with Crippen LogP contribution in [-0.4, -0.2) is 63.4 Å². The van der Waals surface area contributed by atoms with E-state index in [1.54, 1.807) is 61.1 Å². The number of ether oxygens (including phenoxy) is 3. The molecule has 4 rings (SSSR count). The molecule has 204 valence electrons. The van der Waals surface area contributed by atoms with Gasteiger partial charge in [-0.2, -0.15) is 0 Å². The zero-order valence-electron chi connectivity index (χ0n) is 21.1. The predicted octanol–water partition coefficient (Wildman–Crippen LogP) is 3.52. The van der Waals surface area contributed by atoms with Crippen LogP contribution in [0.2, 0.25) is 5.02 Å². The standard InChI is InChI=1S/C24H24ClN7O5S2/c1-14-28-30-23(39-14)27-22(34)13-38-24-31-29-20(32(24)18-10-17(35-2)8-9-19(18)36-3)11-26-21(33)12-37-16-6-4-15(25)5-7-16/h4-10H,11-13H2,1-3H3,(H,26,33)(H,27,30,34). The Labute approximate surface area is 237 Å². The van der Waals surface area contributed by atoms with Gasteiger partial charge in [-0.05, 0) is 43.3 Å². The van der Waals surface area contributed by atoms with E-state index in [0.29, 0.717) is 44.1 Å². The number of hydrogen-bond acceptors (Lipinski definition) is 11. The molecule has 12 nitrogen and oxygen atoms in total. The molecular formula is C24H24ClN7O5S2. The molecule has 0 bridgehead atoms. The van der Waals surface area contributed by atoms with Crippen molar-refractivity contribution in [1.82, 2.24) is 30.3 Å². The first kappa shape index (κ1) is 28.1. The SMILES string of the molecule is COc1ccc(OC)c(-n2c(CNC(=O)COc3ccc(Cl)cc3)nnc2SCC(=O)Nc2nnc(C)s2)c1. The molecule has 0 aliphatic carbocycles. The number of amides is 2. The van der Waals surface area contributed by atoms with Gasteiger partial charge in [-0.3, -0.25) is 19.5 Å². The zero-order chi connectivity index (χ0) is 27.8. The molecular weight excluding hydrogens is 566 g/mol. The highest BCUT2D eigenvalue weighted by Gasteiger charge is 2.20. The summed E-state index contributed by atoms with van der Waals surface area (Å²) < 4.78 is 18.2. The fourth-order valence-electron chi connectivity index (χ4n) is 3.26. The molecule has 0 saturated carbocycles. The largest absolute Gasteiger partial charge is 0.497 e. The number of methoxy groups -OCH3 is 2. The summed E-state index contributed by atoms with van der Waals surface area (Å²) in [4.78, 5) is 25.0. The van der Waals surface area contributed by atoms with Crippen molar-refractivity contribution in [2.75, 3.05) is 31.9 Å². The van der Waals surface area contributed by atoms with Gasteiger partial charge in [0, 0.05) is 11.1 Å². The van der Waals surface area contributed by atoms with Gasteiger partial charge >= 0.3 is 0 Å². The molecule has 2 heterocycles. The summed E-state index contributed by atoms with van der Waals surface area (Å²) in [5.74, 6) is 1.40. The van der Waals surface area contributed by atoms with Gasteiger partial charge in [-0.25, -0.2) is 0 Å². The zero-order valence-corrected chi connectivity index (χ0v) is 23.5. The number of aryl methyl sites for hydroxylation is 1. The Morgan fingerprint density at radius 3 is 2.46 bits per heavy atom. The lowest BCUT2D eigenvalue weighted by molar-refractivity contribution is -0.123. The van der Waals surface area contributed by atoms with Crippen LogP contribution >= 0.6 is 34.7 Å². The molecule has 0 aliphatic rings. The lowest BCUT2D eigenvalue weighted by atomic mass is 10.2. The second kappa shape index (κ2) is 13.3.